The molecule has 0 atom stereocenters. The minimum absolute atomic E-state index is 0.255. The molecule has 0 fully saturated rings. The van der Waals surface area contributed by atoms with Crippen molar-refractivity contribution in [3.8, 4) is 0 Å². The van der Waals surface area contributed by atoms with E-state index in [1.807, 2.05) is 13.8 Å². The van der Waals surface area contributed by atoms with Crippen LogP contribution in [0.25, 0.3) is 33.1 Å². The Kier molecular flexibility index (Phi) is 1.89. The first-order valence-electron chi connectivity index (χ1n) is 5.95. The Morgan fingerprint density at radius 3 is 2.20 bits per heavy atom. The van der Waals surface area contributed by atoms with Crippen molar-refractivity contribution < 1.29 is 17.7 Å². The Balaban J connectivity index is 2.47. The molecule has 2 heterocycles. The summed E-state index contributed by atoms with van der Waals surface area (Å²) < 4.78 is 20.2. The van der Waals surface area contributed by atoms with E-state index in [0.717, 1.165) is 16.5 Å². The van der Waals surface area contributed by atoms with Crippen LogP contribution in [-0.4, -0.2) is 0 Å². The van der Waals surface area contributed by atoms with Crippen molar-refractivity contribution in [2.24, 2.45) is 0 Å². The molecule has 0 aliphatic carbocycles. The summed E-state index contributed by atoms with van der Waals surface area (Å²) in [6.07, 6.45) is 0. The molecule has 0 aliphatic heterocycles. The van der Waals surface area contributed by atoms with Gasteiger partial charge in [-0.25, -0.2) is 9.59 Å². The molecule has 6 nitrogen and oxygen atoms in total. The molecule has 2 aromatic carbocycles. The maximum Gasteiger partial charge on any atom is 0.519 e. The van der Waals surface area contributed by atoms with E-state index in [9.17, 15) is 9.59 Å². The highest BCUT2D eigenvalue weighted by Gasteiger charge is 2.20. The van der Waals surface area contributed by atoms with Crippen molar-refractivity contribution in [1.29, 1.82) is 0 Å². The van der Waals surface area contributed by atoms with Crippen LogP contribution in [0.15, 0.2) is 39.4 Å². The molecular weight excluding hydrogens is 264 g/mol. The van der Waals surface area contributed by atoms with Gasteiger partial charge in [0.05, 0.1) is 5.39 Å². The average Bonchev–Trinajstić information content (AvgIpc) is 2.96. The lowest BCUT2D eigenvalue weighted by Crippen LogP contribution is -1.87. The highest BCUT2D eigenvalue weighted by molar-refractivity contribution is 6.16. The normalized spacial score (nSPS) is 11.9. The van der Waals surface area contributed by atoms with Crippen LogP contribution < -0.4 is 11.6 Å². The Hall–Kier alpha value is -2.76. The first-order chi connectivity index (χ1) is 9.56. The van der Waals surface area contributed by atoms with Gasteiger partial charge in [0.15, 0.2) is 22.3 Å². The Morgan fingerprint density at radius 1 is 0.750 bits per heavy atom. The van der Waals surface area contributed by atoms with Crippen LogP contribution in [0, 0.1) is 13.8 Å². The molecule has 0 spiro atoms. The van der Waals surface area contributed by atoms with Crippen LogP contribution in [-0.2, 0) is 0 Å². The van der Waals surface area contributed by atoms with Crippen LogP contribution in [0.2, 0.25) is 0 Å². The minimum Gasteiger partial charge on any atom is -0.391 e. The van der Waals surface area contributed by atoms with Crippen molar-refractivity contribution in [2.75, 3.05) is 0 Å². The van der Waals surface area contributed by atoms with Gasteiger partial charge in [0.25, 0.3) is 0 Å². The molecule has 2 aromatic heterocycles. The smallest absolute Gasteiger partial charge is 0.391 e. The van der Waals surface area contributed by atoms with E-state index in [1.54, 1.807) is 12.1 Å². The third-order valence-electron chi connectivity index (χ3n) is 3.61. The molecule has 0 radical (unpaired) electrons. The third-order valence-corrected chi connectivity index (χ3v) is 3.61. The van der Waals surface area contributed by atoms with E-state index < -0.39 is 11.6 Å². The predicted octanol–water partition coefficient (Wildman–Crippen LogP) is 2.86. The minimum atomic E-state index is -0.801. The topological polar surface area (TPSA) is 86.7 Å². The Morgan fingerprint density at radius 2 is 1.40 bits per heavy atom. The van der Waals surface area contributed by atoms with Crippen LogP contribution in [0.5, 0.6) is 0 Å². The van der Waals surface area contributed by atoms with Gasteiger partial charge in [-0.15, -0.1) is 0 Å². The van der Waals surface area contributed by atoms with Gasteiger partial charge < -0.3 is 17.7 Å². The Labute approximate surface area is 110 Å². The zero-order valence-corrected chi connectivity index (χ0v) is 10.6. The largest absolute Gasteiger partial charge is 0.519 e. The van der Waals surface area contributed by atoms with Crippen LogP contribution in [0.3, 0.4) is 0 Å². The summed E-state index contributed by atoms with van der Waals surface area (Å²) in [5.41, 5.74) is 2.91. The summed E-state index contributed by atoms with van der Waals surface area (Å²) in [4.78, 5) is 22.7. The van der Waals surface area contributed by atoms with Gasteiger partial charge in [0, 0.05) is 0 Å². The molecule has 0 aliphatic rings. The second-order valence-corrected chi connectivity index (χ2v) is 4.63. The van der Waals surface area contributed by atoms with Crippen LogP contribution in [0.1, 0.15) is 11.1 Å². The number of hydrogen-bond donors (Lipinski definition) is 0. The molecule has 0 saturated heterocycles. The zero-order valence-electron chi connectivity index (χ0n) is 10.6. The highest BCUT2D eigenvalue weighted by Crippen LogP contribution is 2.35. The van der Waals surface area contributed by atoms with Crippen molar-refractivity contribution in [3.63, 3.8) is 0 Å². The van der Waals surface area contributed by atoms with E-state index in [0.29, 0.717) is 16.6 Å². The van der Waals surface area contributed by atoms with Crippen molar-refractivity contribution in [3.05, 3.63) is 44.5 Å². The summed E-state index contributed by atoms with van der Waals surface area (Å²) in [5.74, 6) is -1.59. The fourth-order valence-electron chi connectivity index (χ4n) is 2.54. The predicted molar refractivity (Wildman–Crippen MR) is 70.0 cm³/mol. The summed E-state index contributed by atoms with van der Waals surface area (Å²) in [6, 6.07) is 3.45. The van der Waals surface area contributed by atoms with Gasteiger partial charge in [-0.2, -0.15) is 0 Å². The first-order valence-corrected chi connectivity index (χ1v) is 5.95. The summed E-state index contributed by atoms with van der Waals surface area (Å²) in [7, 11) is 0. The summed E-state index contributed by atoms with van der Waals surface area (Å²) in [5, 5.41) is 1.33. The molecule has 6 heteroatoms. The lowest BCUT2D eigenvalue weighted by Gasteiger charge is -2.05. The molecule has 0 N–H and O–H groups in total. The van der Waals surface area contributed by atoms with Crippen LogP contribution >= 0.6 is 0 Å². The number of hydrogen-bond acceptors (Lipinski definition) is 6. The van der Waals surface area contributed by atoms with Gasteiger partial charge >= 0.3 is 11.6 Å². The maximum atomic E-state index is 11.4. The first kappa shape index (κ1) is 11.1. The van der Waals surface area contributed by atoms with Gasteiger partial charge in [-0.1, -0.05) is 0 Å². The van der Waals surface area contributed by atoms with E-state index in [2.05, 4.69) is 0 Å². The van der Waals surface area contributed by atoms with Gasteiger partial charge in [0.1, 0.15) is 0 Å². The lowest BCUT2D eigenvalue weighted by molar-refractivity contribution is 0.408. The SMILES string of the molecule is Cc1c(C)c2oc(=O)oc2c2c1ccc1oc(=O)oc12. The molecule has 100 valence electrons. The molecule has 0 saturated carbocycles. The van der Waals surface area contributed by atoms with Gasteiger partial charge in [0.2, 0.25) is 0 Å². The fourth-order valence-corrected chi connectivity index (χ4v) is 2.54. The van der Waals surface area contributed by atoms with Gasteiger partial charge in [-0.05, 0) is 42.5 Å². The molecule has 4 rings (SSSR count). The maximum absolute atomic E-state index is 11.4. The molecule has 0 amide bonds. The van der Waals surface area contributed by atoms with Crippen molar-refractivity contribution in [1.82, 2.24) is 0 Å². The standard InChI is InChI=1S/C14H8O6/c1-5-6(2)10-12(20-14(16)18-10)9-7(5)3-4-8-11(9)19-13(15)17-8/h3-4H,1-2H3. The summed E-state index contributed by atoms with van der Waals surface area (Å²) >= 11 is 0. The molecule has 4 aromatic rings. The average molecular weight is 272 g/mol. The second kappa shape index (κ2) is 3.41. The Bertz CT molecular complexity index is 1100. The molecule has 0 unspecified atom stereocenters. The van der Waals surface area contributed by atoms with Gasteiger partial charge in [-0.3, -0.25) is 0 Å². The molecular formula is C14H8O6. The molecule has 20 heavy (non-hydrogen) atoms. The number of rotatable bonds is 0. The fraction of sp³-hybridized carbons (Fsp3) is 0.143. The monoisotopic (exact) mass is 272 g/mol. The number of aryl methyl sites for hydroxylation is 2. The second-order valence-electron chi connectivity index (χ2n) is 4.63. The number of benzene rings is 2. The quantitative estimate of drug-likeness (QED) is 0.489. The molecule has 0 bridgehead atoms. The van der Waals surface area contributed by atoms with E-state index >= 15 is 0 Å². The van der Waals surface area contributed by atoms with Crippen molar-refractivity contribution >= 4 is 33.1 Å². The third kappa shape index (κ3) is 1.22. The van der Waals surface area contributed by atoms with E-state index in [1.165, 1.54) is 0 Å². The summed E-state index contributed by atoms with van der Waals surface area (Å²) in [6.45, 7) is 3.74. The zero-order chi connectivity index (χ0) is 14.0. The highest BCUT2D eigenvalue weighted by atomic mass is 16.6. The van der Waals surface area contributed by atoms with E-state index in [4.69, 9.17) is 17.7 Å². The van der Waals surface area contributed by atoms with Crippen LogP contribution in [0.4, 0.5) is 0 Å². The van der Waals surface area contributed by atoms with E-state index in [-0.39, 0.29) is 11.2 Å². The number of fused-ring (bicyclic) bond motifs is 5. The van der Waals surface area contributed by atoms with Crippen molar-refractivity contribution in [2.45, 2.75) is 13.8 Å². The lowest BCUT2D eigenvalue weighted by atomic mass is 9.99.